The lowest BCUT2D eigenvalue weighted by molar-refractivity contribution is -0.137. The van der Waals surface area contributed by atoms with Crippen LogP contribution in [0.2, 0.25) is 5.02 Å². The Hall–Kier alpha value is -2.08. The van der Waals surface area contributed by atoms with Gasteiger partial charge in [-0.3, -0.25) is 0 Å². The van der Waals surface area contributed by atoms with Crippen LogP contribution in [0.4, 0.5) is 17.6 Å². The molecule has 0 amide bonds. The lowest BCUT2D eigenvalue weighted by atomic mass is 9.99. The zero-order valence-electron chi connectivity index (χ0n) is 12.7. The summed E-state index contributed by atoms with van der Waals surface area (Å²) in [5.41, 5.74) is -0.836. The van der Waals surface area contributed by atoms with Gasteiger partial charge in [0, 0.05) is 10.6 Å². The van der Waals surface area contributed by atoms with Crippen LogP contribution in [0.15, 0.2) is 47.6 Å². The topological polar surface area (TPSA) is 21.6 Å². The fourth-order valence-electron chi connectivity index (χ4n) is 2.07. The third-order valence-corrected chi connectivity index (χ3v) is 3.39. The fourth-order valence-corrected chi connectivity index (χ4v) is 2.24. The van der Waals surface area contributed by atoms with Gasteiger partial charge in [0.15, 0.2) is 5.75 Å². The highest BCUT2D eigenvalue weighted by atomic mass is 35.5. The van der Waals surface area contributed by atoms with Crippen LogP contribution in [0.1, 0.15) is 30.9 Å². The maximum atomic E-state index is 13.2. The zero-order chi connectivity index (χ0) is 17.7. The van der Waals surface area contributed by atoms with Crippen LogP contribution in [-0.4, -0.2) is 5.71 Å². The van der Waals surface area contributed by atoms with Crippen LogP contribution < -0.4 is 4.84 Å². The van der Waals surface area contributed by atoms with Gasteiger partial charge in [-0.25, -0.2) is 4.39 Å². The van der Waals surface area contributed by atoms with Crippen LogP contribution in [0.25, 0.3) is 0 Å². The summed E-state index contributed by atoms with van der Waals surface area (Å²) in [7, 11) is 0. The van der Waals surface area contributed by atoms with Gasteiger partial charge in [-0.1, -0.05) is 30.1 Å². The van der Waals surface area contributed by atoms with Crippen LogP contribution in [0.3, 0.4) is 0 Å². The van der Waals surface area contributed by atoms with Crippen molar-refractivity contribution < 1.29 is 22.4 Å². The van der Waals surface area contributed by atoms with Crippen molar-refractivity contribution in [3.05, 3.63) is 64.4 Å². The summed E-state index contributed by atoms with van der Waals surface area (Å²) in [5, 5.41) is 4.00. The Balaban J connectivity index is 2.41. The monoisotopic (exact) mass is 359 g/mol. The van der Waals surface area contributed by atoms with Gasteiger partial charge in [-0.15, -0.1) is 0 Å². The molecule has 128 valence electrons. The first-order valence-electron chi connectivity index (χ1n) is 7.18. The summed E-state index contributed by atoms with van der Waals surface area (Å²) < 4.78 is 52.5. The molecular weight excluding hydrogens is 346 g/mol. The lowest BCUT2D eigenvalue weighted by Crippen LogP contribution is -2.14. The van der Waals surface area contributed by atoms with E-state index in [2.05, 4.69) is 5.16 Å². The third-order valence-electron chi connectivity index (χ3n) is 3.16. The average molecular weight is 360 g/mol. The molecule has 2 aromatic rings. The number of nitrogens with zero attached hydrogens (tertiary/aromatic N) is 1. The minimum Gasteiger partial charge on any atom is -0.357 e. The summed E-state index contributed by atoms with van der Waals surface area (Å²) in [6.07, 6.45) is -3.70. The molecule has 0 bridgehead atoms. The van der Waals surface area contributed by atoms with Crippen LogP contribution in [0, 0.1) is 5.82 Å². The molecule has 0 fully saturated rings. The minimum absolute atomic E-state index is 0.122. The van der Waals surface area contributed by atoms with E-state index in [9.17, 15) is 17.6 Å². The van der Waals surface area contributed by atoms with Crippen LogP contribution >= 0.6 is 11.6 Å². The van der Waals surface area contributed by atoms with Gasteiger partial charge in [0.2, 0.25) is 0 Å². The lowest BCUT2D eigenvalue weighted by Gasteiger charge is -2.14. The Kier molecular flexibility index (Phi) is 5.83. The Morgan fingerprint density at radius 1 is 1.12 bits per heavy atom. The quantitative estimate of drug-likeness (QED) is 0.360. The van der Waals surface area contributed by atoms with E-state index in [0.717, 1.165) is 6.07 Å². The zero-order valence-corrected chi connectivity index (χ0v) is 13.5. The SMILES string of the molecule is CCC/C(=N\Oc1ccc(F)cc1)c1cc(Cl)ccc1C(F)(F)F. The molecule has 2 nitrogen and oxygen atoms in total. The van der Waals surface area contributed by atoms with E-state index in [-0.39, 0.29) is 28.5 Å². The molecule has 0 heterocycles. The average Bonchev–Trinajstić information content (AvgIpc) is 2.51. The molecule has 0 atom stereocenters. The van der Waals surface area contributed by atoms with Crippen molar-refractivity contribution >= 4 is 17.3 Å². The molecule has 2 aromatic carbocycles. The van der Waals surface area contributed by atoms with E-state index < -0.39 is 17.6 Å². The maximum absolute atomic E-state index is 13.2. The fraction of sp³-hybridized carbons (Fsp3) is 0.235. The molecule has 0 aliphatic rings. The predicted octanol–water partition coefficient (Wildman–Crippen LogP) is 6.08. The van der Waals surface area contributed by atoms with Crippen molar-refractivity contribution in [3.63, 3.8) is 0 Å². The normalized spacial score (nSPS) is 12.3. The highest BCUT2D eigenvalue weighted by Gasteiger charge is 2.34. The first kappa shape index (κ1) is 18.3. The van der Waals surface area contributed by atoms with Gasteiger partial charge in [0.1, 0.15) is 5.82 Å². The Morgan fingerprint density at radius 3 is 2.38 bits per heavy atom. The highest BCUT2D eigenvalue weighted by molar-refractivity contribution is 6.31. The van der Waals surface area contributed by atoms with Gasteiger partial charge < -0.3 is 4.84 Å². The molecule has 0 saturated carbocycles. The number of alkyl halides is 3. The summed E-state index contributed by atoms with van der Waals surface area (Å²) in [6, 6.07) is 8.33. The third kappa shape index (κ3) is 4.71. The van der Waals surface area contributed by atoms with Crippen LogP contribution in [-0.2, 0) is 6.18 Å². The first-order valence-corrected chi connectivity index (χ1v) is 7.55. The van der Waals surface area contributed by atoms with Gasteiger partial charge in [0.25, 0.3) is 0 Å². The Morgan fingerprint density at radius 2 is 1.79 bits per heavy atom. The molecule has 0 saturated heterocycles. The van der Waals surface area contributed by atoms with E-state index >= 15 is 0 Å². The number of hydrogen-bond donors (Lipinski definition) is 0. The minimum atomic E-state index is -4.54. The van der Waals surface area contributed by atoms with Crippen LogP contribution in [0.5, 0.6) is 5.75 Å². The summed E-state index contributed by atoms with van der Waals surface area (Å²) in [6.45, 7) is 1.81. The maximum Gasteiger partial charge on any atom is 0.417 e. The molecule has 24 heavy (non-hydrogen) atoms. The van der Waals surface area contributed by atoms with E-state index in [1.165, 1.54) is 36.4 Å². The van der Waals surface area contributed by atoms with Crippen molar-refractivity contribution in [3.8, 4) is 5.75 Å². The van der Waals surface area contributed by atoms with Crippen molar-refractivity contribution in [1.82, 2.24) is 0 Å². The Bertz CT molecular complexity index is 726. The summed E-state index contributed by atoms with van der Waals surface area (Å²) >= 11 is 5.84. The molecule has 2 rings (SSSR count). The van der Waals surface area contributed by atoms with E-state index in [4.69, 9.17) is 16.4 Å². The van der Waals surface area contributed by atoms with Gasteiger partial charge in [-0.2, -0.15) is 13.2 Å². The second-order valence-corrected chi connectivity index (χ2v) is 5.46. The van der Waals surface area contributed by atoms with E-state index in [0.29, 0.717) is 6.42 Å². The van der Waals surface area contributed by atoms with E-state index in [1.807, 2.05) is 6.92 Å². The predicted molar refractivity (Wildman–Crippen MR) is 84.9 cm³/mol. The van der Waals surface area contributed by atoms with Crippen molar-refractivity contribution in [2.24, 2.45) is 5.16 Å². The molecule has 0 aromatic heterocycles. The standard InChI is InChI=1S/C17H14ClF4NO/c1-2-3-16(23-24-13-7-5-12(19)6-8-13)14-10-11(18)4-9-15(14)17(20,21)22/h4-10H,2-3H2,1H3/b23-16+. The van der Waals surface area contributed by atoms with Gasteiger partial charge in [0.05, 0.1) is 11.3 Å². The highest BCUT2D eigenvalue weighted by Crippen LogP contribution is 2.34. The smallest absolute Gasteiger partial charge is 0.357 e. The molecule has 7 heteroatoms. The molecule has 0 aliphatic carbocycles. The van der Waals surface area contributed by atoms with Gasteiger partial charge >= 0.3 is 6.18 Å². The summed E-state index contributed by atoms with van der Waals surface area (Å²) in [5.74, 6) is -0.227. The second kappa shape index (κ2) is 7.66. The largest absolute Gasteiger partial charge is 0.417 e. The van der Waals surface area contributed by atoms with Crippen molar-refractivity contribution in [2.75, 3.05) is 0 Å². The van der Waals surface area contributed by atoms with E-state index in [1.54, 1.807) is 0 Å². The second-order valence-electron chi connectivity index (χ2n) is 5.02. The molecule has 0 unspecified atom stereocenters. The molecule has 0 N–H and O–H groups in total. The van der Waals surface area contributed by atoms with Crippen molar-refractivity contribution in [2.45, 2.75) is 25.9 Å². The first-order chi connectivity index (χ1) is 11.3. The molecular formula is C17H14ClF4NO. The number of benzene rings is 2. The number of oxime groups is 1. The summed E-state index contributed by atoms with van der Waals surface area (Å²) in [4.78, 5) is 5.15. The number of halogens is 5. The van der Waals surface area contributed by atoms with Crippen molar-refractivity contribution in [1.29, 1.82) is 0 Å². The molecule has 0 spiro atoms. The number of hydrogen-bond acceptors (Lipinski definition) is 2. The Labute approximate surface area is 141 Å². The number of rotatable bonds is 5. The molecule has 0 radical (unpaired) electrons. The van der Waals surface area contributed by atoms with Gasteiger partial charge in [-0.05, 0) is 48.9 Å². The molecule has 0 aliphatic heterocycles.